The topological polar surface area (TPSA) is 109 Å². The molecule has 3 heterocycles. The quantitative estimate of drug-likeness (QED) is 0.205. The van der Waals surface area contributed by atoms with Crippen LogP contribution in [0.4, 0.5) is 23.4 Å². The molecule has 0 saturated carbocycles. The van der Waals surface area contributed by atoms with Crippen molar-refractivity contribution in [2.24, 2.45) is 4.99 Å². The van der Waals surface area contributed by atoms with E-state index < -0.39 is 40.4 Å². The fraction of sp³-hybridized carbons (Fsp3) is 0.167. The number of carbonyl (C=O) groups is 2. The summed E-state index contributed by atoms with van der Waals surface area (Å²) in [5.74, 6) is -2.21. The van der Waals surface area contributed by atoms with Crippen molar-refractivity contribution in [3.8, 4) is 0 Å². The molecule has 198 valence electrons. The van der Waals surface area contributed by atoms with Gasteiger partial charge in [-0.25, -0.2) is 14.4 Å². The number of hydrogen-bond acceptors (Lipinski definition) is 7. The predicted octanol–water partition coefficient (Wildman–Crippen LogP) is 5.75. The number of aliphatic imine (C=N–C) groups is 1. The second-order valence-corrected chi connectivity index (χ2v) is 9.11. The Bertz CT molecular complexity index is 1440. The minimum Gasteiger partial charge on any atom is -0.343 e. The van der Waals surface area contributed by atoms with Crippen molar-refractivity contribution in [2.45, 2.75) is 26.1 Å². The Hall–Kier alpha value is -3.97. The Balaban J connectivity index is 1.70. The fourth-order valence-electron chi connectivity index (χ4n) is 3.00. The van der Waals surface area contributed by atoms with Gasteiger partial charge in [0.15, 0.2) is 5.82 Å². The van der Waals surface area contributed by atoms with Gasteiger partial charge in [-0.2, -0.15) is 13.2 Å². The van der Waals surface area contributed by atoms with Gasteiger partial charge in [0, 0.05) is 29.7 Å². The summed E-state index contributed by atoms with van der Waals surface area (Å²) < 4.78 is 53.3. The number of nitrogens with one attached hydrogen (secondary N) is 2. The molecule has 38 heavy (non-hydrogen) atoms. The van der Waals surface area contributed by atoms with Crippen LogP contribution in [-0.2, 0) is 11.0 Å². The van der Waals surface area contributed by atoms with Gasteiger partial charge in [-0.1, -0.05) is 18.2 Å². The van der Waals surface area contributed by atoms with E-state index in [1.54, 1.807) is 6.92 Å². The minimum atomic E-state index is -4.72. The van der Waals surface area contributed by atoms with E-state index in [1.165, 1.54) is 37.7 Å². The first-order valence-electron chi connectivity index (χ1n) is 10.7. The molecule has 0 aromatic carbocycles. The summed E-state index contributed by atoms with van der Waals surface area (Å²) >= 11 is 6.47. The van der Waals surface area contributed by atoms with E-state index in [4.69, 9.17) is 11.6 Å². The van der Waals surface area contributed by atoms with E-state index in [-0.39, 0.29) is 27.5 Å². The number of pyridine rings is 2. The molecule has 1 atom stereocenters. The summed E-state index contributed by atoms with van der Waals surface area (Å²) in [6, 6.07) is 1.40. The zero-order valence-corrected chi connectivity index (χ0v) is 21.4. The number of carbonyl (C=O) groups excluding carboxylic acids is 2. The van der Waals surface area contributed by atoms with Crippen LogP contribution < -0.4 is 10.6 Å². The van der Waals surface area contributed by atoms with Crippen LogP contribution in [-0.4, -0.2) is 32.5 Å². The lowest BCUT2D eigenvalue weighted by Crippen LogP contribution is -2.27. The molecule has 1 unspecified atom stereocenters. The number of hydrogen-bond donors (Lipinski definition) is 2. The third-order valence-corrected chi connectivity index (χ3v) is 6.34. The fourth-order valence-corrected chi connectivity index (χ4v) is 4.03. The second kappa shape index (κ2) is 12.0. The number of anilines is 1. The number of amides is 2. The smallest absolute Gasteiger partial charge is 0.343 e. The van der Waals surface area contributed by atoms with E-state index in [1.807, 2.05) is 0 Å². The van der Waals surface area contributed by atoms with E-state index in [9.17, 15) is 27.2 Å². The van der Waals surface area contributed by atoms with Gasteiger partial charge in [0.2, 0.25) is 5.91 Å². The number of halogens is 5. The molecule has 2 amide bonds. The minimum absolute atomic E-state index is 0.0761. The van der Waals surface area contributed by atoms with Crippen molar-refractivity contribution in [1.29, 1.82) is 0 Å². The molecular weight excluding hydrogens is 548 g/mol. The van der Waals surface area contributed by atoms with Crippen molar-refractivity contribution < 1.29 is 27.2 Å². The maximum Gasteiger partial charge on any atom is 0.418 e. The first kappa shape index (κ1) is 28.6. The van der Waals surface area contributed by atoms with E-state index in [0.717, 1.165) is 23.7 Å². The Morgan fingerprint density at radius 3 is 2.63 bits per heavy atom. The van der Waals surface area contributed by atoms with Crippen molar-refractivity contribution in [2.75, 3.05) is 5.32 Å². The summed E-state index contributed by atoms with van der Waals surface area (Å²) in [5.41, 5.74) is -0.634. The maximum atomic E-state index is 14.1. The van der Waals surface area contributed by atoms with Crippen molar-refractivity contribution in [3.63, 3.8) is 0 Å². The molecule has 3 rings (SSSR count). The van der Waals surface area contributed by atoms with Gasteiger partial charge in [-0.15, -0.1) is 11.3 Å². The van der Waals surface area contributed by atoms with Crippen molar-refractivity contribution >= 4 is 46.3 Å². The molecular formula is C24H19ClF4N6O2S. The summed E-state index contributed by atoms with van der Waals surface area (Å²) in [5, 5.41) is 4.74. The lowest BCUT2D eigenvalue weighted by atomic mass is 10.1. The van der Waals surface area contributed by atoms with Crippen LogP contribution in [0.25, 0.3) is 0 Å². The van der Waals surface area contributed by atoms with Gasteiger partial charge in [-0.05, 0) is 32.1 Å². The van der Waals surface area contributed by atoms with E-state index >= 15 is 0 Å². The summed E-state index contributed by atoms with van der Waals surface area (Å²) in [4.78, 5) is 40.9. The van der Waals surface area contributed by atoms with Crippen LogP contribution in [0, 0.1) is 5.82 Å². The average molecular weight is 567 g/mol. The lowest BCUT2D eigenvalue weighted by molar-refractivity contribution is -0.137. The Kier molecular flexibility index (Phi) is 9.07. The molecule has 0 aliphatic rings. The van der Waals surface area contributed by atoms with Gasteiger partial charge < -0.3 is 10.6 Å². The van der Waals surface area contributed by atoms with Gasteiger partial charge >= 0.3 is 6.18 Å². The molecule has 14 heteroatoms. The van der Waals surface area contributed by atoms with Crippen molar-refractivity contribution in [3.05, 3.63) is 93.2 Å². The first-order valence-corrected chi connectivity index (χ1v) is 11.9. The van der Waals surface area contributed by atoms with Gasteiger partial charge in [0.25, 0.3) is 5.91 Å². The molecule has 0 bridgehead atoms. The van der Waals surface area contributed by atoms with Gasteiger partial charge in [0.05, 0.1) is 34.7 Å². The zero-order valence-electron chi connectivity index (χ0n) is 19.8. The van der Waals surface area contributed by atoms with Crippen LogP contribution in [0.3, 0.4) is 0 Å². The maximum absolute atomic E-state index is 14.1. The van der Waals surface area contributed by atoms with E-state index in [2.05, 4.69) is 37.2 Å². The molecule has 0 spiro atoms. The molecule has 0 aliphatic carbocycles. The van der Waals surface area contributed by atoms with E-state index in [0.29, 0.717) is 11.1 Å². The Labute approximate surface area is 223 Å². The van der Waals surface area contributed by atoms with Crippen LogP contribution >= 0.6 is 22.9 Å². The van der Waals surface area contributed by atoms with Crippen LogP contribution in [0.5, 0.6) is 0 Å². The molecule has 2 N–H and O–H groups in total. The van der Waals surface area contributed by atoms with Crippen LogP contribution in [0.1, 0.15) is 45.7 Å². The SMILES string of the molecule is C=CN=C(/C=C(\C)C(=O)NC(C)c1ncc(C(=O)Nc2cc(C(F)(F)F)c(Cl)cn2)s1)c1ccncc1F. The summed E-state index contributed by atoms with van der Waals surface area (Å²) in [6.45, 7) is 6.64. The monoisotopic (exact) mass is 566 g/mol. The normalized spacial score (nSPS) is 13.1. The highest BCUT2D eigenvalue weighted by Crippen LogP contribution is 2.35. The largest absolute Gasteiger partial charge is 0.418 e. The standard InChI is InChI=1S/C24H19ClF4N6O2S/c1-4-31-18(14-5-6-30-10-17(14)26)7-12(2)21(36)34-13(3)23-33-11-19(38-23)22(37)35-20-8-15(24(27,28)29)16(25)9-32-20/h4-11,13H,1H2,2-3H3,(H,34,36)(H,32,35,37)/b12-7+,31-18?. The highest BCUT2D eigenvalue weighted by molar-refractivity contribution is 7.13. The summed E-state index contributed by atoms with van der Waals surface area (Å²) in [7, 11) is 0. The third kappa shape index (κ3) is 7.07. The molecule has 0 saturated heterocycles. The highest BCUT2D eigenvalue weighted by atomic mass is 35.5. The highest BCUT2D eigenvalue weighted by Gasteiger charge is 2.34. The summed E-state index contributed by atoms with van der Waals surface area (Å²) in [6.07, 6.45) is 2.30. The van der Waals surface area contributed by atoms with Gasteiger partial charge in [0.1, 0.15) is 15.7 Å². The van der Waals surface area contributed by atoms with Crippen LogP contribution in [0.15, 0.2) is 66.3 Å². The van der Waals surface area contributed by atoms with Crippen LogP contribution in [0.2, 0.25) is 5.02 Å². The molecule has 0 fully saturated rings. The predicted molar refractivity (Wildman–Crippen MR) is 136 cm³/mol. The number of alkyl halides is 3. The second-order valence-electron chi connectivity index (χ2n) is 7.64. The lowest BCUT2D eigenvalue weighted by Gasteiger charge is -2.12. The number of aromatic nitrogens is 3. The Morgan fingerprint density at radius 1 is 1.24 bits per heavy atom. The van der Waals surface area contributed by atoms with Crippen molar-refractivity contribution in [1.82, 2.24) is 20.3 Å². The number of allylic oxidation sites excluding steroid dienone is 1. The number of thiazole rings is 1. The molecule has 8 nitrogen and oxygen atoms in total. The average Bonchev–Trinajstić information content (AvgIpc) is 3.35. The third-order valence-electron chi connectivity index (χ3n) is 4.86. The number of nitrogens with zero attached hydrogens (tertiary/aromatic N) is 4. The molecule has 0 radical (unpaired) electrons. The zero-order chi connectivity index (χ0) is 28.0. The van der Waals surface area contributed by atoms with Gasteiger partial charge in [-0.3, -0.25) is 19.6 Å². The molecule has 3 aromatic heterocycles. The molecule has 3 aromatic rings. The number of rotatable bonds is 8. The molecule has 0 aliphatic heterocycles. The first-order chi connectivity index (χ1) is 17.9. The Morgan fingerprint density at radius 2 is 1.97 bits per heavy atom.